The summed E-state index contributed by atoms with van der Waals surface area (Å²) in [7, 11) is 2.95. The second kappa shape index (κ2) is 9.65. The zero-order valence-corrected chi connectivity index (χ0v) is 15.7. The van der Waals surface area contributed by atoms with Gasteiger partial charge in [0.25, 0.3) is 5.91 Å². The summed E-state index contributed by atoms with van der Waals surface area (Å²) in [6.07, 6.45) is -0.197. The minimum absolute atomic E-state index is 0.191. The maximum atomic E-state index is 12.6. The molecule has 26 heavy (non-hydrogen) atoms. The normalized spacial score (nSPS) is 12.8. The van der Waals surface area contributed by atoms with Gasteiger partial charge in [0, 0.05) is 17.7 Å². The van der Waals surface area contributed by atoms with E-state index in [1.807, 2.05) is 0 Å². The largest absolute Gasteiger partial charge is 0.497 e. The van der Waals surface area contributed by atoms with Crippen molar-refractivity contribution < 1.29 is 29.0 Å². The van der Waals surface area contributed by atoms with E-state index in [-0.39, 0.29) is 12.3 Å². The van der Waals surface area contributed by atoms with E-state index >= 15 is 0 Å². The van der Waals surface area contributed by atoms with Crippen molar-refractivity contribution in [3.63, 3.8) is 0 Å². The molecule has 8 nitrogen and oxygen atoms in total. The van der Waals surface area contributed by atoms with E-state index in [1.54, 1.807) is 39.0 Å². The topological polar surface area (TPSA) is 114 Å². The number of carboxylic acid groups (broad SMARTS) is 1. The van der Waals surface area contributed by atoms with Crippen molar-refractivity contribution in [2.75, 3.05) is 14.2 Å². The van der Waals surface area contributed by atoms with Gasteiger partial charge in [0.05, 0.1) is 20.6 Å². The van der Waals surface area contributed by atoms with Gasteiger partial charge in [-0.25, -0.2) is 0 Å². The third kappa shape index (κ3) is 6.27. The highest BCUT2D eigenvalue weighted by atomic mass is 16.5. The molecule has 1 aromatic rings. The van der Waals surface area contributed by atoms with Gasteiger partial charge in [-0.3, -0.25) is 14.4 Å². The number of nitrogens with one attached hydrogen (secondary N) is 2. The van der Waals surface area contributed by atoms with Crippen molar-refractivity contribution in [1.82, 2.24) is 10.6 Å². The first-order valence-electron chi connectivity index (χ1n) is 8.24. The van der Waals surface area contributed by atoms with Crippen molar-refractivity contribution in [3.05, 3.63) is 23.8 Å². The van der Waals surface area contributed by atoms with Crippen molar-refractivity contribution in [3.8, 4) is 11.5 Å². The molecule has 0 saturated carbocycles. The molecule has 0 fully saturated rings. The number of carbonyl (C=O) groups excluding carboxylic acids is 2. The summed E-state index contributed by atoms with van der Waals surface area (Å²) in [5.41, 5.74) is 0.290. The van der Waals surface area contributed by atoms with Gasteiger partial charge >= 0.3 is 5.97 Å². The molecule has 2 unspecified atom stereocenters. The highest BCUT2D eigenvalue weighted by Gasteiger charge is 2.26. The third-order valence-electron chi connectivity index (χ3n) is 3.72. The van der Waals surface area contributed by atoms with Crippen LogP contribution in [0.3, 0.4) is 0 Å². The van der Waals surface area contributed by atoms with Crippen LogP contribution in [-0.2, 0) is 9.59 Å². The van der Waals surface area contributed by atoms with E-state index in [9.17, 15) is 14.4 Å². The fraction of sp³-hybridized carbons (Fsp3) is 0.500. The minimum Gasteiger partial charge on any atom is -0.497 e. The van der Waals surface area contributed by atoms with Gasteiger partial charge in [0.1, 0.15) is 17.5 Å². The van der Waals surface area contributed by atoms with Crippen LogP contribution < -0.4 is 20.1 Å². The number of ether oxygens (including phenoxy) is 2. The van der Waals surface area contributed by atoms with Crippen LogP contribution in [0.1, 0.15) is 37.6 Å². The van der Waals surface area contributed by atoms with E-state index in [4.69, 9.17) is 14.6 Å². The Morgan fingerprint density at radius 1 is 1.00 bits per heavy atom. The van der Waals surface area contributed by atoms with Crippen molar-refractivity contribution in [2.24, 2.45) is 5.92 Å². The summed E-state index contributed by atoms with van der Waals surface area (Å²) in [6.45, 7) is 5.18. The molecule has 0 heterocycles. The lowest BCUT2D eigenvalue weighted by Crippen LogP contribution is -2.51. The predicted molar refractivity (Wildman–Crippen MR) is 95.5 cm³/mol. The van der Waals surface area contributed by atoms with Crippen molar-refractivity contribution in [2.45, 2.75) is 39.3 Å². The fourth-order valence-corrected chi connectivity index (χ4v) is 2.34. The van der Waals surface area contributed by atoms with E-state index < -0.39 is 29.9 Å². The summed E-state index contributed by atoms with van der Waals surface area (Å²) in [5.74, 6) is -1.18. The van der Waals surface area contributed by atoms with Crippen LogP contribution in [0.25, 0.3) is 0 Å². The number of benzene rings is 1. The smallest absolute Gasteiger partial charge is 0.305 e. The molecule has 8 heteroatoms. The number of methoxy groups -OCH3 is 2. The maximum Gasteiger partial charge on any atom is 0.305 e. The van der Waals surface area contributed by atoms with E-state index in [1.165, 1.54) is 14.2 Å². The number of rotatable bonds is 9. The fourth-order valence-electron chi connectivity index (χ4n) is 2.34. The van der Waals surface area contributed by atoms with E-state index in [0.717, 1.165) is 0 Å². The monoisotopic (exact) mass is 366 g/mol. The van der Waals surface area contributed by atoms with Crippen LogP contribution in [0.4, 0.5) is 0 Å². The first-order valence-corrected chi connectivity index (χ1v) is 8.24. The summed E-state index contributed by atoms with van der Waals surface area (Å²) in [6, 6.07) is 3.36. The Morgan fingerprint density at radius 2 is 1.54 bits per heavy atom. The molecular formula is C18H26N2O6. The zero-order valence-electron chi connectivity index (χ0n) is 15.7. The lowest BCUT2D eigenvalue weighted by atomic mass is 10.0. The Kier molecular flexibility index (Phi) is 7.89. The number of amides is 2. The molecule has 0 bridgehead atoms. The van der Waals surface area contributed by atoms with Gasteiger partial charge in [-0.05, 0) is 25.0 Å². The van der Waals surface area contributed by atoms with Crippen molar-refractivity contribution >= 4 is 17.8 Å². The molecule has 0 radical (unpaired) electrons. The highest BCUT2D eigenvalue weighted by molar-refractivity contribution is 5.98. The molecule has 2 atom stereocenters. The van der Waals surface area contributed by atoms with Crippen LogP contribution >= 0.6 is 0 Å². The molecule has 0 aromatic heterocycles. The molecule has 0 saturated heterocycles. The molecule has 0 aliphatic carbocycles. The number of aliphatic carboxylic acids is 1. The summed E-state index contributed by atoms with van der Waals surface area (Å²) in [4.78, 5) is 35.7. The minimum atomic E-state index is -1.01. The summed E-state index contributed by atoms with van der Waals surface area (Å²) >= 11 is 0. The quantitative estimate of drug-likeness (QED) is 0.609. The van der Waals surface area contributed by atoms with Crippen LogP contribution in [0, 0.1) is 5.92 Å². The van der Waals surface area contributed by atoms with Gasteiger partial charge in [0.15, 0.2) is 0 Å². The Morgan fingerprint density at radius 3 is 1.96 bits per heavy atom. The van der Waals surface area contributed by atoms with E-state index in [0.29, 0.717) is 17.1 Å². The Balaban J connectivity index is 2.91. The molecule has 3 N–H and O–H groups in total. The first kappa shape index (κ1) is 21.3. The van der Waals surface area contributed by atoms with Crippen LogP contribution in [-0.4, -0.2) is 49.2 Å². The second-order valence-electron chi connectivity index (χ2n) is 6.30. The predicted octanol–water partition coefficient (Wildman–Crippen LogP) is 1.44. The van der Waals surface area contributed by atoms with Gasteiger partial charge in [-0.15, -0.1) is 0 Å². The van der Waals surface area contributed by atoms with Gasteiger partial charge in [0.2, 0.25) is 5.91 Å². The molecule has 1 rings (SSSR count). The Bertz CT molecular complexity index is 637. The highest BCUT2D eigenvalue weighted by Crippen LogP contribution is 2.22. The van der Waals surface area contributed by atoms with Crippen LogP contribution in [0.15, 0.2) is 18.2 Å². The second-order valence-corrected chi connectivity index (χ2v) is 6.30. The number of hydrogen-bond acceptors (Lipinski definition) is 5. The average Bonchev–Trinajstić information content (AvgIpc) is 2.57. The van der Waals surface area contributed by atoms with Crippen LogP contribution in [0.5, 0.6) is 11.5 Å². The number of carbonyl (C=O) groups is 3. The molecule has 2 amide bonds. The molecule has 0 spiro atoms. The molecule has 0 aliphatic rings. The Labute approximate surface area is 152 Å². The number of carboxylic acids is 1. The molecule has 1 aromatic carbocycles. The summed E-state index contributed by atoms with van der Waals surface area (Å²) in [5, 5.41) is 14.1. The van der Waals surface area contributed by atoms with Gasteiger partial charge in [-0.1, -0.05) is 13.8 Å². The molecule has 0 aliphatic heterocycles. The van der Waals surface area contributed by atoms with E-state index in [2.05, 4.69) is 10.6 Å². The lowest BCUT2D eigenvalue weighted by molar-refractivity contribution is -0.137. The van der Waals surface area contributed by atoms with Crippen molar-refractivity contribution in [1.29, 1.82) is 0 Å². The molecule has 144 valence electrons. The lowest BCUT2D eigenvalue weighted by Gasteiger charge is -2.23. The Hall–Kier alpha value is -2.77. The van der Waals surface area contributed by atoms with Gasteiger partial charge < -0.3 is 25.2 Å². The third-order valence-corrected chi connectivity index (χ3v) is 3.72. The van der Waals surface area contributed by atoms with Gasteiger partial charge in [-0.2, -0.15) is 0 Å². The zero-order chi connectivity index (χ0) is 19.9. The maximum absolute atomic E-state index is 12.6. The standard InChI is InChI=1S/C18H26N2O6/c1-10(2)16(18(24)19-11(3)6-15(21)22)20-17(23)12-7-13(25-4)9-14(8-12)26-5/h7-11,16H,6H2,1-5H3,(H,19,24)(H,20,23)(H,21,22). The first-order chi connectivity index (χ1) is 12.2. The van der Waals surface area contributed by atoms with Crippen LogP contribution in [0.2, 0.25) is 0 Å². The SMILES string of the molecule is COc1cc(OC)cc(C(=O)NC(C(=O)NC(C)CC(=O)O)C(C)C)c1. The number of hydrogen-bond donors (Lipinski definition) is 3. The summed E-state index contributed by atoms with van der Waals surface area (Å²) < 4.78 is 10.3. The molecular weight excluding hydrogens is 340 g/mol. The average molecular weight is 366 g/mol.